The van der Waals surface area contributed by atoms with Crippen molar-refractivity contribution in [2.24, 2.45) is 11.7 Å². The first-order valence-electron chi connectivity index (χ1n) is 5.70. The van der Waals surface area contributed by atoms with E-state index >= 15 is 0 Å². The second-order valence-corrected chi connectivity index (χ2v) is 5.01. The molecule has 1 aliphatic rings. The van der Waals surface area contributed by atoms with E-state index in [2.05, 4.69) is 13.0 Å². The van der Waals surface area contributed by atoms with Crippen LogP contribution in [0.1, 0.15) is 42.9 Å². The lowest BCUT2D eigenvalue weighted by atomic mass is 9.90. The molecule has 1 fully saturated rings. The number of benzene rings is 1. The van der Waals surface area contributed by atoms with E-state index in [0.29, 0.717) is 5.92 Å². The normalized spacial score (nSPS) is 19.4. The van der Waals surface area contributed by atoms with Crippen LogP contribution in [0, 0.1) is 12.8 Å². The van der Waals surface area contributed by atoms with Gasteiger partial charge < -0.3 is 5.73 Å². The third-order valence-corrected chi connectivity index (χ3v) is 3.74. The van der Waals surface area contributed by atoms with Gasteiger partial charge in [0.15, 0.2) is 0 Å². The van der Waals surface area contributed by atoms with Gasteiger partial charge in [-0.1, -0.05) is 30.5 Å². The molecule has 2 N–H and O–H groups in total. The Bertz CT molecular complexity index is 342. The van der Waals surface area contributed by atoms with Gasteiger partial charge in [-0.05, 0) is 48.9 Å². The molecule has 15 heavy (non-hydrogen) atoms. The first-order chi connectivity index (χ1) is 7.18. The van der Waals surface area contributed by atoms with Crippen LogP contribution in [0.5, 0.6) is 0 Å². The van der Waals surface area contributed by atoms with Crippen molar-refractivity contribution >= 4 is 11.6 Å². The summed E-state index contributed by atoms with van der Waals surface area (Å²) < 4.78 is 0. The van der Waals surface area contributed by atoms with E-state index in [4.69, 9.17) is 17.3 Å². The average molecular weight is 224 g/mol. The average Bonchev–Trinajstić information content (AvgIpc) is 2.74. The van der Waals surface area contributed by atoms with Gasteiger partial charge in [0, 0.05) is 11.1 Å². The van der Waals surface area contributed by atoms with Gasteiger partial charge in [0.2, 0.25) is 0 Å². The molecule has 1 nitrogen and oxygen atoms in total. The molecule has 1 aromatic rings. The third-order valence-electron chi connectivity index (χ3n) is 3.51. The van der Waals surface area contributed by atoms with Crippen molar-refractivity contribution in [2.45, 2.75) is 38.6 Å². The molecule has 1 aliphatic carbocycles. The van der Waals surface area contributed by atoms with Crippen LogP contribution in [-0.4, -0.2) is 0 Å². The van der Waals surface area contributed by atoms with E-state index in [9.17, 15) is 0 Å². The Morgan fingerprint density at radius 2 is 2.00 bits per heavy atom. The number of rotatable bonds is 2. The molecule has 1 unspecified atom stereocenters. The van der Waals surface area contributed by atoms with E-state index in [1.54, 1.807) is 0 Å². The van der Waals surface area contributed by atoms with Crippen LogP contribution in [0.15, 0.2) is 18.2 Å². The summed E-state index contributed by atoms with van der Waals surface area (Å²) in [5.74, 6) is 0.655. The minimum Gasteiger partial charge on any atom is -0.324 e. The fraction of sp³-hybridized carbons (Fsp3) is 0.538. The van der Waals surface area contributed by atoms with Gasteiger partial charge in [0.25, 0.3) is 0 Å². The summed E-state index contributed by atoms with van der Waals surface area (Å²) >= 11 is 6.01. The van der Waals surface area contributed by atoms with E-state index < -0.39 is 0 Å². The van der Waals surface area contributed by atoms with Crippen molar-refractivity contribution in [3.63, 3.8) is 0 Å². The van der Waals surface area contributed by atoms with E-state index in [-0.39, 0.29) is 6.04 Å². The SMILES string of the molecule is Cc1ccc(Cl)cc1C(N)C1CCCC1. The van der Waals surface area contributed by atoms with E-state index in [1.165, 1.54) is 36.8 Å². The minimum atomic E-state index is 0.172. The molecular formula is C13H18ClN. The molecule has 2 heteroatoms. The monoisotopic (exact) mass is 223 g/mol. The lowest BCUT2D eigenvalue weighted by molar-refractivity contribution is 0.443. The highest BCUT2D eigenvalue weighted by atomic mass is 35.5. The van der Waals surface area contributed by atoms with E-state index in [1.807, 2.05) is 12.1 Å². The molecule has 82 valence electrons. The molecule has 0 saturated heterocycles. The third kappa shape index (κ3) is 2.35. The molecule has 0 aromatic heterocycles. The zero-order chi connectivity index (χ0) is 10.8. The molecule has 0 bridgehead atoms. The highest BCUT2D eigenvalue weighted by molar-refractivity contribution is 6.30. The number of hydrogen-bond acceptors (Lipinski definition) is 1. The summed E-state index contributed by atoms with van der Waals surface area (Å²) in [6, 6.07) is 6.19. The minimum absolute atomic E-state index is 0.172. The van der Waals surface area contributed by atoms with Crippen molar-refractivity contribution in [2.75, 3.05) is 0 Å². The Labute approximate surface area is 96.6 Å². The molecule has 2 rings (SSSR count). The molecule has 0 spiro atoms. The fourth-order valence-corrected chi connectivity index (χ4v) is 2.72. The van der Waals surface area contributed by atoms with Crippen molar-refractivity contribution in [1.82, 2.24) is 0 Å². The Morgan fingerprint density at radius 1 is 1.33 bits per heavy atom. The van der Waals surface area contributed by atoms with Crippen LogP contribution in [0.25, 0.3) is 0 Å². The van der Waals surface area contributed by atoms with Gasteiger partial charge in [0.05, 0.1) is 0 Å². The Kier molecular flexibility index (Phi) is 3.32. The number of hydrogen-bond donors (Lipinski definition) is 1. The second-order valence-electron chi connectivity index (χ2n) is 4.57. The molecule has 0 radical (unpaired) electrons. The van der Waals surface area contributed by atoms with Crippen molar-refractivity contribution in [3.8, 4) is 0 Å². The number of aryl methyl sites for hydroxylation is 1. The highest BCUT2D eigenvalue weighted by Crippen LogP contribution is 2.35. The van der Waals surface area contributed by atoms with Crippen LogP contribution >= 0.6 is 11.6 Å². The van der Waals surface area contributed by atoms with Crippen LogP contribution in [-0.2, 0) is 0 Å². The van der Waals surface area contributed by atoms with Gasteiger partial charge in [-0.2, -0.15) is 0 Å². The molecule has 0 amide bonds. The quantitative estimate of drug-likeness (QED) is 0.810. The maximum atomic E-state index is 6.31. The van der Waals surface area contributed by atoms with Gasteiger partial charge >= 0.3 is 0 Å². The van der Waals surface area contributed by atoms with Crippen LogP contribution < -0.4 is 5.73 Å². The first-order valence-corrected chi connectivity index (χ1v) is 6.08. The summed E-state index contributed by atoms with van der Waals surface area (Å²) in [4.78, 5) is 0. The summed E-state index contributed by atoms with van der Waals surface area (Å²) in [6.07, 6.45) is 5.20. The molecule has 1 saturated carbocycles. The topological polar surface area (TPSA) is 26.0 Å². The van der Waals surface area contributed by atoms with Crippen LogP contribution in [0.3, 0.4) is 0 Å². The predicted molar refractivity (Wildman–Crippen MR) is 65.1 cm³/mol. The second kappa shape index (κ2) is 4.54. The van der Waals surface area contributed by atoms with Crippen molar-refractivity contribution in [3.05, 3.63) is 34.3 Å². The number of halogens is 1. The Morgan fingerprint density at radius 3 is 2.67 bits per heavy atom. The lowest BCUT2D eigenvalue weighted by Gasteiger charge is -2.21. The zero-order valence-corrected chi connectivity index (χ0v) is 9.93. The Hall–Kier alpha value is -0.530. The standard InChI is InChI=1S/C13H18ClN/c1-9-6-7-11(14)8-12(9)13(15)10-4-2-3-5-10/h6-8,10,13H,2-5,15H2,1H3. The molecule has 0 heterocycles. The maximum Gasteiger partial charge on any atom is 0.0409 e. The summed E-state index contributed by atoms with van der Waals surface area (Å²) in [6.45, 7) is 2.11. The number of nitrogens with two attached hydrogens (primary N) is 1. The van der Waals surface area contributed by atoms with E-state index in [0.717, 1.165) is 5.02 Å². The molecular weight excluding hydrogens is 206 g/mol. The van der Waals surface area contributed by atoms with Gasteiger partial charge in [-0.15, -0.1) is 0 Å². The smallest absolute Gasteiger partial charge is 0.0409 e. The first kappa shape index (κ1) is 11.0. The van der Waals surface area contributed by atoms with Gasteiger partial charge in [-0.25, -0.2) is 0 Å². The predicted octanol–water partition coefficient (Wildman–Crippen LogP) is 3.84. The van der Waals surface area contributed by atoms with Crippen molar-refractivity contribution in [1.29, 1.82) is 0 Å². The summed E-state index contributed by atoms with van der Waals surface area (Å²) in [5.41, 5.74) is 8.81. The van der Waals surface area contributed by atoms with Crippen LogP contribution in [0.4, 0.5) is 0 Å². The fourth-order valence-electron chi connectivity index (χ4n) is 2.54. The molecule has 1 atom stereocenters. The Balaban J connectivity index is 2.23. The van der Waals surface area contributed by atoms with Gasteiger partial charge in [0.1, 0.15) is 0 Å². The summed E-state index contributed by atoms with van der Waals surface area (Å²) in [7, 11) is 0. The summed E-state index contributed by atoms with van der Waals surface area (Å²) in [5, 5.41) is 0.795. The lowest BCUT2D eigenvalue weighted by Crippen LogP contribution is -2.20. The zero-order valence-electron chi connectivity index (χ0n) is 9.17. The molecule has 1 aromatic carbocycles. The molecule has 0 aliphatic heterocycles. The maximum absolute atomic E-state index is 6.31. The largest absolute Gasteiger partial charge is 0.324 e. The van der Waals surface area contributed by atoms with Crippen molar-refractivity contribution < 1.29 is 0 Å². The highest BCUT2D eigenvalue weighted by Gasteiger charge is 2.24. The van der Waals surface area contributed by atoms with Crippen LogP contribution in [0.2, 0.25) is 5.02 Å². The van der Waals surface area contributed by atoms with Gasteiger partial charge in [-0.3, -0.25) is 0 Å².